The van der Waals surface area contributed by atoms with Crippen LogP contribution >= 0.6 is 0 Å². The predicted octanol–water partition coefficient (Wildman–Crippen LogP) is 4.62. The van der Waals surface area contributed by atoms with Crippen LogP contribution in [0, 0.1) is 0 Å². The van der Waals surface area contributed by atoms with E-state index in [-0.39, 0.29) is 19.3 Å². The molecule has 1 aromatic rings. The summed E-state index contributed by atoms with van der Waals surface area (Å²) in [6.07, 6.45) is 8.66. The zero-order chi connectivity index (χ0) is 22.5. The van der Waals surface area contributed by atoms with Crippen LogP contribution in [0.4, 0.5) is 0 Å². The SMILES string of the molecule is CCCCCc1ccc(C2=CC(OCC(=O)OCC)CC(OCC(=O)OCC)=C2)cc1. The number of esters is 2. The topological polar surface area (TPSA) is 71.1 Å². The lowest BCUT2D eigenvalue weighted by atomic mass is 9.95. The monoisotopic (exact) mass is 430 g/mol. The largest absolute Gasteiger partial charge is 0.486 e. The average Bonchev–Trinajstić information content (AvgIpc) is 2.77. The molecule has 0 bridgehead atoms. The van der Waals surface area contributed by atoms with Crippen LogP contribution in [0.2, 0.25) is 0 Å². The van der Waals surface area contributed by atoms with Crippen molar-refractivity contribution < 1.29 is 28.5 Å². The van der Waals surface area contributed by atoms with Crippen LogP contribution in [0.25, 0.3) is 5.57 Å². The number of allylic oxidation sites excluding steroid dienone is 2. The summed E-state index contributed by atoms with van der Waals surface area (Å²) in [6.45, 7) is 6.04. The lowest BCUT2D eigenvalue weighted by Crippen LogP contribution is -2.22. The Morgan fingerprint density at radius 3 is 2.26 bits per heavy atom. The molecule has 6 nitrogen and oxygen atoms in total. The molecule has 1 aromatic carbocycles. The molecule has 170 valence electrons. The number of carbonyl (C=O) groups is 2. The Balaban J connectivity index is 2.10. The van der Waals surface area contributed by atoms with E-state index in [9.17, 15) is 9.59 Å². The molecule has 1 unspecified atom stereocenters. The third kappa shape index (κ3) is 8.97. The van der Waals surface area contributed by atoms with Gasteiger partial charge in [-0.15, -0.1) is 0 Å². The fourth-order valence-electron chi connectivity index (χ4n) is 3.30. The van der Waals surface area contributed by atoms with Gasteiger partial charge in [0.2, 0.25) is 0 Å². The van der Waals surface area contributed by atoms with E-state index >= 15 is 0 Å². The van der Waals surface area contributed by atoms with Crippen LogP contribution in [-0.4, -0.2) is 44.5 Å². The minimum atomic E-state index is -0.417. The van der Waals surface area contributed by atoms with E-state index < -0.39 is 11.9 Å². The summed E-state index contributed by atoms with van der Waals surface area (Å²) in [7, 11) is 0. The molecule has 0 fully saturated rings. The van der Waals surface area contributed by atoms with E-state index in [0.717, 1.165) is 17.6 Å². The normalized spacial score (nSPS) is 15.6. The summed E-state index contributed by atoms with van der Waals surface area (Å²) in [5.41, 5.74) is 3.27. The Morgan fingerprint density at radius 1 is 0.935 bits per heavy atom. The molecule has 0 aromatic heterocycles. The minimum absolute atomic E-state index is 0.135. The van der Waals surface area contributed by atoms with Gasteiger partial charge in [0.1, 0.15) is 12.4 Å². The van der Waals surface area contributed by atoms with E-state index in [0.29, 0.717) is 25.4 Å². The van der Waals surface area contributed by atoms with E-state index in [2.05, 4.69) is 31.2 Å². The van der Waals surface area contributed by atoms with Crippen molar-refractivity contribution >= 4 is 17.5 Å². The van der Waals surface area contributed by atoms with Crippen molar-refractivity contribution in [3.63, 3.8) is 0 Å². The van der Waals surface area contributed by atoms with Gasteiger partial charge < -0.3 is 18.9 Å². The maximum Gasteiger partial charge on any atom is 0.344 e. The van der Waals surface area contributed by atoms with Crippen molar-refractivity contribution in [3.05, 3.63) is 53.3 Å². The van der Waals surface area contributed by atoms with Gasteiger partial charge >= 0.3 is 11.9 Å². The molecule has 0 N–H and O–H groups in total. The zero-order valence-electron chi connectivity index (χ0n) is 18.9. The molecule has 0 saturated heterocycles. The fraction of sp³-hybridized carbons (Fsp3) is 0.520. The number of aryl methyl sites for hydroxylation is 1. The molecule has 0 spiro atoms. The van der Waals surface area contributed by atoms with Gasteiger partial charge in [0.15, 0.2) is 6.61 Å². The van der Waals surface area contributed by atoms with Gasteiger partial charge in [-0.05, 0) is 55.5 Å². The highest BCUT2D eigenvalue weighted by molar-refractivity contribution is 5.76. The molecule has 0 radical (unpaired) electrons. The second kappa shape index (κ2) is 13.7. The standard InChI is InChI=1S/C25H34O6/c1-4-7-8-9-19-10-12-20(13-11-19)21-14-22(30-17-24(26)28-5-2)16-23(15-21)31-18-25(27)29-6-3/h10-15,22H,4-9,16-18H2,1-3H3. The van der Waals surface area contributed by atoms with Crippen molar-refractivity contribution in [2.75, 3.05) is 26.4 Å². The van der Waals surface area contributed by atoms with E-state index in [4.69, 9.17) is 18.9 Å². The third-order valence-electron chi connectivity index (χ3n) is 4.84. The smallest absolute Gasteiger partial charge is 0.344 e. The van der Waals surface area contributed by atoms with Gasteiger partial charge in [0, 0.05) is 6.42 Å². The number of benzene rings is 1. The number of hydrogen-bond acceptors (Lipinski definition) is 6. The molecule has 0 amide bonds. The Bertz CT molecular complexity index is 763. The van der Waals surface area contributed by atoms with Crippen molar-refractivity contribution in [2.45, 2.75) is 59.0 Å². The first-order chi connectivity index (χ1) is 15.0. The lowest BCUT2D eigenvalue weighted by Gasteiger charge is -2.22. The first-order valence-corrected chi connectivity index (χ1v) is 11.1. The summed E-state index contributed by atoms with van der Waals surface area (Å²) >= 11 is 0. The summed E-state index contributed by atoms with van der Waals surface area (Å²) in [5, 5.41) is 0. The number of ether oxygens (including phenoxy) is 4. The number of carbonyl (C=O) groups excluding carboxylic acids is 2. The van der Waals surface area contributed by atoms with Crippen molar-refractivity contribution in [3.8, 4) is 0 Å². The summed E-state index contributed by atoms with van der Waals surface area (Å²) in [5.74, 6) is -0.205. The predicted molar refractivity (Wildman–Crippen MR) is 119 cm³/mol. The molecule has 1 aliphatic carbocycles. The van der Waals surface area contributed by atoms with Gasteiger partial charge in [0.25, 0.3) is 0 Å². The number of hydrogen-bond donors (Lipinski definition) is 0. The summed E-state index contributed by atoms with van der Waals surface area (Å²) in [4.78, 5) is 23.3. The van der Waals surface area contributed by atoms with Crippen LogP contribution in [0.5, 0.6) is 0 Å². The first kappa shape index (κ1) is 24.7. The van der Waals surface area contributed by atoms with Crippen LogP contribution in [-0.2, 0) is 35.0 Å². The van der Waals surface area contributed by atoms with Crippen LogP contribution in [0.1, 0.15) is 57.6 Å². The van der Waals surface area contributed by atoms with Gasteiger partial charge in [-0.3, -0.25) is 0 Å². The van der Waals surface area contributed by atoms with E-state index in [1.54, 1.807) is 13.8 Å². The molecule has 0 saturated carbocycles. The third-order valence-corrected chi connectivity index (χ3v) is 4.84. The van der Waals surface area contributed by atoms with Gasteiger partial charge in [0.05, 0.1) is 19.3 Å². The van der Waals surface area contributed by atoms with Crippen LogP contribution in [0.3, 0.4) is 0 Å². The minimum Gasteiger partial charge on any atom is -0.486 e. The Hall–Kier alpha value is -2.60. The van der Waals surface area contributed by atoms with Gasteiger partial charge in [-0.2, -0.15) is 0 Å². The maximum absolute atomic E-state index is 11.7. The molecule has 31 heavy (non-hydrogen) atoms. The second-order valence-corrected chi connectivity index (χ2v) is 7.34. The van der Waals surface area contributed by atoms with Crippen molar-refractivity contribution in [2.24, 2.45) is 0 Å². The molecule has 0 aliphatic heterocycles. The van der Waals surface area contributed by atoms with Crippen LogP contribution < -0.4 is 0 Å². The van der Waals surface area contributed by atoms with Gasteiger partial charge in [-0.1, -0.05) is 44.0 Å². The van der Waals surface area contributed by atoms with Crippen molar-refractivity contribution in [1.82, 2.24) is 0 Å². The molecule has 0 heterocycles. The van der Waals surface area contributed by atoms with E-state index in [1.165, 1.54) is 24.8 Å². The number of rotatable bonds is 13. The van der Waals surface area contributed by atoms with E-state index in [1.807, 2.05) is 12.2 Å². The van der Waals surface area contributed by atoms with Gasteiger partial charge in [-0.25, -0.2) is 9.59 Å². The summed E-state index contributed by atoms with van der Waals surface area (Å²) < 4.78 is 21.3. The summed E-state index contributed by atoms with van der Waals surface area (Å²) in [6, 6.07) is 8.45. The highest BCUT2D eigenvalue weighted by atomic mass is 16.6. The van der Waals surface area contributed by atoms with Crippen molar-refractivity contribution in [1.29, 1.82) is 0 Å². The fourth-order valence-corrected chi connectivity index (χ4v) is 3.30. The molecular weight excluding hydrogens is 396 g/mol. The first-order valence-electron chi connectivity index (χ1n) is 11.1. The highest BCUT2D eigenvalue weighted by Gasteiger charge is 2.20. The zero-order valence-corrected chi connectivity index (χ0v) is 18.9. The second-order valence-electron chi connectivity index (χ2n) is 7.34. The quantitative estimate of drug-likeness (QED) is 0.336. The molecule has 6 heteroatoms. The molecule has 2 rings (SSSR count). The molecular formula is C25H34O6. The van der Waals surface area contributed by atoms with Crippen LogP contribution in [0.15, 0.2) is 42.2 Å². The lowest BCUT2D eigenvalue weighted by molar-refractivity contribution is -0.149. The molecule has 1 atom stereocenters. The Morgan fingerprint density at radius 2 is 1.61 bits per heavy atom. The highest BCUT2D eigenvalue weighted by Crippen LogP contribution is 2.28. The molecule has 1 aliphatic rings. The Kier molecular flexibility index (Phi) is 10.9. The maximum atomic E-state index is 11.7. The number of unbranched alkanes of at least 4 members (excludes halogenated alkanes) is 2. The average molecular weight is 431 g/mol. The Labute approximate surface area is 185 Å².